The lowest BCUT2D eigenvalue weighted by Crippen LogP contribution is -2.35. The number of aromatic carboxylic acids is 1. The molecule has 32 heavy (non-hydrogen) atoms. The highest BCUT2D eigenvalue weighted by Gasteiger charge is 2.19. The highest BCUT2D eigenvalue weighted by atomic mass is 16.6. The first-order valence-corrected chi connectivity index (χ1v) is 10.1. The molecule has 1 aromatic carbocycles. The van der Waals surface area contributed by atoms with Crippen LogP contribution in [-0.4, -0.2) is 74.0 Å². The van der Waals surface area contributed by atoms with Crippen LogP contribution in [0.15, 0.2) is 18.2 Å². The number of tetrazole rings is 1. The molecule has 3 N–H and O–H groups in total. The zero-order chi connectivity index (χ0) is 23.9. The van der Waals surface area contributed by atoms with E-state index in [4.69, 9.17) is 4.74 Å². The zero-order valence-corrected chi connectivity index (χ0v) is 18.9. The molecule has 2 aromatic rings. The molecule has 0 aliphatic heterocycles. The quantitative estimate of drug-likeness (QED) is 0.522. The minimum absolute atomic E-state index is 0.00835. The molecule has 0 saturated carbocycles. The molecule has 0 saturated heterocycles. The number of nitrogens with zero attached hydrogens (tertiary/aromatic N) is 5. The van der Waals surface area contributed by atoms with Crippen LogP contribution in [0.3, 0.4) is 0 Å². The number of benzene rings is 1. The summed E-state index contributed by atoms with van der Waals surface area (Å²) < 4.78 is 6.68. The smallest absolute Gasteiger partial charge is 0.410 e. The van der Waals surface area contributed by atoms with E-state index in [0.717, 1.165) is 0 Å². The summed E-state index contributed by atoms with van der Waals surface area (Å²) >= 11 is 0. The number of ether oxygens (including phenoxy) is 1. The predicted octanol–water partition coefficient (Wildman–Crippen LogP) is 2.34. The lowest BCUT2D eigenvalue weighted by atomic mass is 10.1. The molecule has 1 heterocycles. The van der Waals surface area contributed by atoms with Crippen LogP contribution in [0.5, 0.6) is 0 Å². The number of aromatic nitrogens is 4. The van der Waals surface area contributed by atoms with Gasteiger partial charge in [-0.3, -0.25) is 0 Å². The van der Waals surface area contributed by atoms with Gasteiger partial charge in [-0.25, -0.2) is 19.1 Å². The highest BCUT2D eigenvalue weighted by Crippen LogP contribution is 2.23. The molecule has 1 aromatic heterocycles. The van der Waals surface area contributed by atoms with Crippen LogP contribution in [0, 0.1) is 0 Å². The summed E-state index contributed by atoms with van der Waals surface area (Å²) in [6, 6.07) is 3.90. The molecule has 0 atom stereocenters. The van der Waals surface area contributed by atoms with Crippen molar-refractivity contribution in [3.8, 4) is 11.4 Å². The third-order valence-corrected chi connectivity index (χ3v) is 4.23. The number of nitrogens with one attached hydrogen (secondary N) is 2. The van der Waals surface area contributed by atoms with Gasteiger partial charge >= 0.3 is 18.1 Å². The standard InChI is InChI=1S/C20H29N7O5/c1-20(2,3)32-19(31)26(4)9-7-6-8-21-18(30)22-15-11-13(10-14(12-15)17(28)29)16-23-24-25-27(16)5/h10-12H,6-9H2,1-5H3,(H,28,29)(H2,21,22,30). The van der Waals surface area contributed by atoms with E-state index in [0.29, 0.717) is 43.0 Å². The number of carboxylic acids is 1. The summed E-state index contributed by atoms with van der Waals surface area (Å²) in [5, 5.41) is 25.8. The summed E-state index contributed by atoms with van der Waals surface area (Å²) in [5.41, 5.74) is 0.195. The summed E-state index contributed by atoms with van der Waals surface area (Å²) in [7, 11) is 3.29. The van der Waals surface area contributed by atoms with Crippen molar-refractivity contribution >= 4 is 23.8 Å². The molecule has 12 nitrogen and oxygen atoms in total. The van der Waals surface area contributed by atoms with Crippen molar-refractivity contribution in [1.29, 1.82) is 0 Å². The van der Waals surface area contributed by atoms with Crippen LogP contribution in [0.2, 0.25) is 0 Å². The topological polar surface area (TPSA) is 152 Å². The number of carbonyl (C=O) groups excluding carboxylic acids is 2. The van der Waals surface area contributed by atoms with E-state index in [2.05, 4.69) is 26.2 Å². The number of hydrogen-bond donors (Lipinski definition) is 3. The van der Waals surface area contributed by atoms with Crippen LogP contribution in [0.25, 0.3) is 11.4 Å². The van der Waals surface area contributed by atoms with Crippen molar-refractivity contribution in [2.24, 2.45) is 7.05 Å². The lowest BCUT2D eigenvalue weighted by molar-refractivity contribution is 0.0296. The number of hydrogen-bond acceptors (Lipinski definition) is 7. The van der Waals surface area contributed by atoms with Crippen LogP contribution < -0.4 is 10.6 Å². The zero-order valence-electron chi connectivity index (χ0n) is 18.9. The Hall–Kier alpha value is -3.70. The Morgan fingerprint density at radius 1 is 1.19 bits per heavy atom. The first kappa shape index (κ1) is 24.6. The Kier molecular flexibility index (Phi) is 8.10. The lowest BCUT2D eigenvalue weighted by Gasteiger charge is -2.24. The second kappa shape index (κ2) is 10.6. The summed E-state index contributed by atoms with van der Waals surface area (Å²) in [6.07, 6.45) is 0.926. The Balaban J connectivity index is 1.85. The van der Waals surface area contributed by atoms with Crippen molar-refractivity contribution in [3.05, 3.63) is 23.8 Å². The second-order valence-electron chi connectivity index (χ2n) is 8.22. The van der Waals surface area contributed by atoms with Gasteiger partial charge in [0.1, 0.15) is 5.60 Å². The largest absolute Gasteiger partial charge is 0.478 e. The van der Waals surface area contributed by atoms with Gasteiger partial charge in [0, 0.05) is 38.4 Å². The third-order valence-electron chi connectivity index (χ3n) is 4.23. The van der Waals surface area contributed by atoms with Crippen molar-refractivity contribution in [3.63, 3.8) is 0 Å². The van der Waals surface area contributed by atoms with Gasteiger partial charge in [-0.05, 0) is 62.2 Å². The third kappa shape index (κ3) is 7.52. The molecule has 2 rings (SSSR count). The molecule has 0 radical (unpaired) electrons. The van der Waals surface area contributed by atoms with E-state index in [1.54, 1.807) is 40.9 Å². The summed E-state index contributed by atoms with van der Waals surface area (Å²) in [5.74, 6) is -0.773. The van der Waals surface area contributed by atoms with Gasteiger partial charge in [-0.2, -0.15) is 0 Å². The van der Waals surface area contributed by atoms with Crippen molar-refractivity contribution in [2.75, 3.05) is 25.5 Å². The van der Waals surface area contributed by atoms with E-state index < -0.39 is 23.7 Å². The Bertz CT molecular complexity index is 967. The number of carbonyl (C=O) groups is 3. The average Bonchev–Trinajstić information content (AvgIpc) is 3.11. The number of aryl methyl sites for hydroxylation is 1. The molecular weight excluding hydrogens is 418 g/mol. The summed E-state index contributed by atoms with van der Waals surface area (Å²) in [6.45, 7) is 6.29. The van der Waals surface area contributed by atoms with Crippen molar-refractivity contribution < 1.29 is 24.2 Å². The monoisotopic (exact) mass is 447 g/mol. The van der Waals surface area contributed by atoms with Gasteiger partial charge in [-0.15, -0.1) is 5.10 Å². The van der Waals surface area contributed by atoms with Crippen molar-refractivity contribution in [2.45, 2.75) is 39.2 Å². The molecule has 0 unspecified atom stereocenters. The maximum absolute atomic E-state index is 12.2. The number of amides is 3. The SMILES string of the molecule is CN(CCCCNC(=O)Nc1cc(C(=O)O)cc(-c2nnnn2C)c1)C(=O)OC(C)(C)C. The van der Waals surface area contributed by atoms with E-state index in [9.17, 15) is 19.5 Å². The number of unbranched alkanes of at least 4 members (excludes halogenated alkanes) is 1. The highest BCUT2D eigenvalue weighted by molar-refractivity contribution is 5.94. The van der Waals surface area contributed by atoms with E-state index >= 15 is 0 Å². The maximum atomic E-state index is 12.2. The Morgan fingerprint density at radius 2 is 1.91 bits per heavy atom. The molecule has 0 spiro atoms. The van der Waals surface area contributed by atoms with Crippen LogP contribution >= 0.6 is 0 Å². The molecule has 0 bridgehead atoms. The first-order chi connectivity index (χ1) is 15.0. The Labute approximate surface area is 185 Å². The number of urea groups is 1. The summed E-state index contributed by atoms with van der Waals surface area (Å²) in [4.78, 5) is 37.1. The van der Waals surface area contributed by atoms with Crippen LogP contribution in [0.4, 0.5) is 15.3 Å². The maximum Gasteiger partial charge on any atom is 0.410 e. The fraction of sp³-hybridized carbons (Fsp3) is 0.500. The van der Waals surface area contributed by atoms with Gasteiger partial charge in [0.05, 0.1) is 5.56 Å². The van der Waals surface area contributed by atoms with Gasteiger partial charge in [0.25, 0.3) is 0 Å². The second-order valence-corrected chi connectivity index (χ2v) is 8.22. The van der Waals surface area contributed by atoms with Gasteiger partial charge in [-0.1, -0.05) is 0 Å². The van der Waals surface area contributed by atoms with Crippen LogP contribution in [-0.2, 0) is 11.8 Å². The van der Waals surface area contributed by atoms with Crippen molar-refractivity contribution in [1.82, 2.24) is 30.4 Å². The fourth-order valence-electron chi connectivity index (χ4n) is 2.71. The number of anilines is 1. The molecule has 12 heteroatoms. The molecule has 0 fully saturated rings. The van der Waals surface area contributed by atoms with Crippen LogP contribution in [0.1, 0.15) is 44.0 Å². The van der Waals surface area contributed by atoms with E-state index in [-0.39, 0.29) is 5.56 Å². The average molecular weight is 447 g/mol. The van der Waals surface area contributed by atoms with E-state index in [1.807, 2.05) is 0 Å². The molecule has 0 aliphatic carbocycles. The minimum Gasteiger partial charge on any atom is -0.478 e. The van der Waals surface area contributed by atoms with Gasteiger partial charge < -0.3 is 25.4 Å². The predicted molar refractivity (Wildman–Crippen MR) is 116 cm³/mol. The number of rotatable bonds is 8. The Morgan fingerprint density at radius 3 is 2.50 bits per heavy atom. The van der Waals surface area contributed by atoms with Gasteiger partial charge in [0.2, 0.25) is 0 Å². The van der Waals surface area contributed by atoms with Gasteiger partial charge in [0.15, 0.2) is 5.82 Å². The molecule has 174 valence electrons. The molecule has 3 amide bonds. The minimum atomic E-state index is -1.14. The normalized spacial score (nSPS) is 11.0. The molecule has 0 aliphatic rings. The fourth-order valence-corrected chi connectivity index (χ4v) is 2.71. The molecular formula is C20H29N7O5. The first-order valence-electron chi connectivity index (χ1n) is 10.1. The number of carboxylic acid groups (broad SMARTS) is 1. The van der Waals surface area contributed by atoms with E-state index in [1.165, 1.54) is 21.7 Å².